The monoisotopic (exact) mass is 479 g/mol. The minimum atomic E-state index is -0.646. The van der Waals surface area contributed by atoms with E-state index < -0.39 is 18.2 Å². The molecule has 5 nitrogen and oxygen atoms in total. The third-order valence-electron chi connectivity index (χ3n) is 8.96. The number of hydrogen-bond acceptors (Lipinski definition) is 5. The normalized spacial score (nSPS) is 35.1. The zero-order chi connectivity index (χ0) is 25.0. The van der Waals surface area contributed by atoms with Gasteiger partial charge >= 0.3 is 0 Å². The summed E-state index contributed by atoms with van der Waals surface area (Å²) in [6.45, 7) is 9.77. The molecule has 0 aromatic heterocycles. The molecule has 2 N–H and O–H groups in total. The molecule has 0 aliphatic heterocycles. The van der Waals surface area contributed by atoms with E-state index in [1.165, 1.54) is 31.3 Å². The van der Waals surface area contributed by atoms with Gasteiger partial charge in [-0.25, -0.2) is 0 Å². The number of ether oxygens (including phenoxy) is 1. The van der Waals surface area contributed by atoms with Crippen molar-refractivity contribution in [1.82, 2.24) is 0 Å². The van der Waals surface area contributed by atoms with Crippen molar-refractivity contribution in [2.24, 2.45) is 28.3 Å². The van der Waals surface area contributed by atoms with E-state index in [1.54, 1.807) is 0 Å². The van der Waals surface area contributed by atoms with E-state index >= 15 is 0 Å². The second-order valence-electron chi connectivity index (χ2n) is 11.2. The summed E-state index contributed by atoms with van der Waals surface area (Å²) in [5.74, 6) is 1.55. The first-order valence-corrected chi connectivity index (χ1v) is 13.2. The van der Waals surface area contributed by atoms with Gasteiger partial charge in [0.25, 0.3) is 0 Å². The van der Waals surface area contributed by atoms with E-state index in [2.05, 4.69) is 37.8 Å². The smallest absolute Gasteiger partial charge is 0.140 e. The van der Waals surface area contributed by atoms with Crippen LogP contribution in [0.5, 0.6) is 0 Å². The maximum absolute atomic E-state index is 11.4. The zero-order valence-electron chi connectivity index (χ0n) is 21.2. The fourth-order valence-electron chi connectivity index (χ4n) is 7.02. The minimum absolute atomic E-state index is 0.246. The largest absolute Gasteiger partial charge is 0.393 e. The van der Waals surface area contributed by atoms with Crippen molar-refractivity contribution >= 4 is 0 Å². The molecule has 0 heterocycles. The van der Waals surface area contributed by atoms with Crippen LogP contribution in [0.15, 0.2) is 71.0 Å². The van der Waals surface area contributed by atoms with E-state index in [-0.39, 0.29) is 5.41 Å². The molecule has 0 spiro atoms. The highest BCUT2D eigenvalue weighted by Gasteiger charge is 2.50. The molecule has 3 saturated carbocycles. The fraction of sp³-hybridized carbons (Fsp3) is 0.600. The van der Waals surface area contributed by atoms with Crippen LogP contribution in [0.4, 0.5) is 0 Å². The predicted octanol–water partition coefficient (Wildman–Crippen LogP) is 6.29. The van der Waals surface area contributed by atoms with Gasteiger partial charge in [0.1, 0.15) is 6.04 Å². The minimum Gasteiger partial charge on any atom is -0.393 e. The standard InChI is InChI=1S/C30H41NO4/c1-20(18-35-19-28(31-34)23-8-5-4-6-9-23)26-13-14-27-22(10-7-15-30(26,27)3)11-12-24-16-25(32)17-29(33)21(24)2/h4-6,8-9,11-12,20,25-29,32-33H,2,7,10,13-19H2,1,3H3/t20-,25-,26-,27+,28?,29+,30-/m1/s1. The molecule has 1 unspecified atom stereocenters. The number of aliphatic hydroxyl groups is 2. The molecule has 3 aliphatic rings. The molecular weight excluding hydrogens is 438 g/mol. The van der Waals surface area contributed by atoms with Crippen molar-refractivity contribution in [2.75, 3.05) is 13.2 Å². The van der Waals surface area contributed by atoms with E-state index in [9.17, 15) is 15.1 Å². The lowest BCUT2D eigenvalue weighted by Gasteiger charge is -2.44. The molecule has 0 amide bonds. The van der Waals surface area contributed by atoms with Gasteiger partial charge in [0, 0.05) is 13.0 Å². The topological polar surface area (TPSA) is 79.1 Å². The van der Waals surface area contributed by atoms with Gasteiger partial charge in [0.15, 0.2) is 0 Å². The van der Waals surface area contributed by atoms with Crippen LogP contribution >= 0.6 is 0 Å². The second-order valence-corrected chi connectivity index (χ2v) is 11.2. The van der Waals surface area contributed by atoms with Crippen LogP contribution in [0.25, 0.3) is 0 Å². The lowest BCUT2D eigenvalue weighted by Crippen LogP contribution is -2.37. The van der Waals surface area contributed by atoms with Crippen molar-refractivity contribution in [1.29, 1.82) is 0 Å². The first-order valence-electron chi connectivity index (χ1n) is 13.2. The Morgan fingerprint density at radius 2 is 1.97 bits per heavy atom. The van der Waals surface area contributed by atoms with Crippen LogP contribution in [0.2, 0.25) is 0 Å². The van der Waals surface area contributed by atoms with Crippen molar-refractivity contribution < 1.29 is 14.9 Å². The molecule has 3 fully saturated rings. The van der Waals surface area contributed by atoms with E-state index in [0.717, 1.165) is 23.1 Å². The number of benzene rings is 1. The quantitative estimate of drug-likeness (QED) is 0.430. The van der Waals surface area contributed by atoms with Crippen LogP contribution in [0, 0.1) is 28.1 Å². The number of nitroso groups, excluding NO2 is 1. The van der Waals surface area contributed by atoms with Gasteiger partial charge < -0.3 is 14.9 Å². The van der Waals surface area contributed by atoms with Crippen molar-refractivity contribution in [2.45, 2.75) is 77.0 Å². The summed E-state index contributed by atoms with van der Waals surface area (Å²) in [7, 11) is 0. The summed E-state index contributed by atoms with van der Waals surface area (Å²) >= 11 is 0. The van der Waals surface area contributed by atoms with Crippen LogP contribution in [0.3, 0.4) is 0 Å². The Labute approximate surface area is 210 Å². The number of nitrogens with zero attached hydrogens (tertiary/aromatic N) is 1. The van der Waals surface area contributed by atoms with Crippen molar-refractivity contribution in [3.05, 3.63) is 76.3 Å². The van der Waals surface area contributed by atoms with Gasteiger partial charge in [0.2, 0.25) is 0 Å². The molecule has 190 valence electrons. The number of fused-ring (bicyclic) bond motifs is 1. The maximum atomic E-state index is 11.4. The first-order chi connectivity index (χ1) is 16.8. The molecule has 0 bridgehead atoms. The average molecular weight is 480 g/mol. The van der Waals surface area contributed by atoms with Crippen LogP contribution in [-0.2, 0) is 4.74 Å². The van der Waals surface area contributed by atoms with Gasteiger partial charge in [-0.3, -0.25) is 0 Å². The highest BCUT2D eigenvalue weighted by Crippen LogP contribution is 2.59. The van der Waals surface area contributed by atoms with Gasteiger partial charge in [-0.05, 0) is 78.4 Å². The molecule has 1 aromatic rings. The predicted molar refractivity (Wildman–Crippen MR) is 140 cm³/mol. The molecular formula is C30H41NO4. The lowest BCUT2D eigenvalue weighted by molar-refractivity contribution is 0.0297. The number of hydrogen-bond donors (Lipinski definition) is 2. The molecule has 0 radical (unpaired) electrons. The van der Waals surface area contributed by atoms with Crippen molar-refractivity contribution in [3.8, 4) is 0 Å². The fourth-order valence-corrected chi connectivity index (χ4v) is 7.02. The Bertz CT molecular complexity index is 954. The Balaban J connectivity index is 1.39. The maximum Gasteiger partial charge on any atom is 0.140 e. The first kappa shape index (κ1) is 26.0. The SMILES string of the molecule is C=C1C(=CC=C2CCC[C@]3(C)[C@@H]([C@H](C)COCC(N=O)c4ccccc4)CC[C@@H]23)C[C@@H](O)C[C@@H]1O. The third kappa shape index (κ3) is 5.68. The van der Waals surface area contributed by atoms with Crippen LogP contribution in [0.1, 0.15) is 70.4 Å². The van der Waals surface area contributed by atoms with E-state index in [0.29, 0.717) is 43.8 Å². The Kier molecular flexibility index (Phi) is 8.41. The van der Waals surface area contributed by atoms with E-state index in [1.807, 2.05) is 30.3 Å². The lowest BCUT2D eigenvalue weighted by atomic mass is 9.61. The molecule has 0 saturated heterocycles. The highest BCUT2D eigenvalue weighted by molar-refractivity contribution is 5.38. The summed E-state index contributed by atoms with van der Waals surface area (Å²) < 4.78 is 6.05. The van der Waals surface area contributed by atoms with Gasteiger partial charge in [-0.1, -0.05) is 73.7 Å². The molecule has 35 heavy (non-hydrogen) atoms. The Morgan fingerprint density at radius 3 is 2.71 bits per heavy atom. The molecule has 1 aromatic carbocycles. The van der Waals surface area contributed by atoms with Gasteiger partial charge in [0.05, 0.1) is 18.8 Å². The summed E-state index contributed by atoms with van der Waals surface area (Å²) in [6.07, 6.45) is 10.1. The number of rotatable bonds is 8. The van der Waals surface area contributed by atoms with E-state index in [4.69, 9.17) is 4.74 Å². The highest BCUT2D eigenvalue weighted by atomic mass is 16.5. The summed E-state index contributed by atoms with van der Waals surface area (Å²) in [5, 5.41) is 23.5. The van der Waals surface area contributed by atoms with Gasteiger partial charge in [-0.15, -0.1) is 0 Å². The average Bonchev–Trinajstić information content (AvgIpc) is 3.21. The van der Waals surface area contributed by atoms with Crippen molar-refractivity contribution in [3.63, 3.8) is 0 Å². The Morgan fingerprint density at radius 1 is 1.20 bits per heavy atom. The van der Waals surface area contributed by atoms with Crippen LogP contribution < -0.4 is 0 Å². The van der Waals surface area contributed by atoms with Crippen LogP contribution in [-0.4, -0.2) is 35.6 Å². The Hall–Kier alpha value is -2.08. The second kappa shape index (κ2) is 11.3. The number of aliphatic hydroxyl groups excluding tert-OH is 2. The van der Waals surface area contributed by atoms with Gasteiger partial charge in [-0.2, -0.15) is 4.91 Å². The molecule has 4 rings (SSSR count). The third-order valence-corrected chi connectivity index (χ3v) is 8.96. The molecule has 3 aliphatic carbocycles. The zero-order valence-corrected chi connectivity index (χ0v) is 21.2. The summed E-state index contributed by atoms with van der Waals surface area (Å²) in [5.41, 5.74) is 4.37. The molecule has 7 atom stereocenters. The number of allylic oxidation sites excluding steroid dienone is 3. The summed E-state index contributed by atoms with van der Waals surface area (Å²) in [6, 6.07) is 9.18. The molecule has 5 heteroatoms. The summed E-state index contributed by atoms with van der Waals surface area (Å²) in [4.78, 5) is 11.4.